The number of carbonyl (C=O) groups excluding carboxylic acids is 2. The van der Waals surface area contributed by atoms with Crippen molar-refractivity contribution in [3.63, 3.8) is 0 Å². The number of hydroxylamine groups is 2. The first-order chi connectivity index (χ1) is 11.7. The number of aromatic nitrogens is 1. The van der Waals surface area contributed by atoms with Gasteiger partial charge in [-0.25, -0.2) is 4.79 Å². The number of aryl methyl sites for hydroxylation is 1. The van der Waals surface area contributed by atoms with Crippen LogP contribution in [0.2, 0.25) is 0 Å². The van der Waals surface area contributed by atoms with Gasteiger partial charge in [-0.15, -0.1) is 4.28 Å². The maximum absolute atomic E-state index is 12.6. The predicted molar refractivity (Wildman–Crippen MR) is 85.7 cm³/mol. The number of carbonyl (C=O) groups is 2. The second kappa shape index (κ2) is 5.04. The fourth-order valence-electron chi connectivity index (χ4n) is 3.91. The topological polar surface area (TPSA) is 109 Å². The van der Waals surface area contributed by atoms with Crippen molar-refractivity contribution in [3.05, 3.63) is 35.5 Å². The third-order valence-corrected chi connectivity index (χ3v) is 5.09. The molecule has 1 fully saturated rings. The first-order valence-corrected chi connectivity index (χ1v) is 8.91. The molecule has 2 bridgehead atoms. The monoisotopic (exact) mass is 365 g/mol. The summed E-state index contributed by atoms with van der Waals surface area (Å²) in [5.41, 5.74) is 2.13. The number of ketones is 1. The summed E-state index contributed by atoms with van der Waals surface area (Å²) >= 11 is 0. The number of para-hydroxylation sites is 1. The number of hydrogen-bond donors (Lipinski definition) is 1. The summed E-state index contributed by atoms with van der Waals surface area (Å²) in [6.07, 6.45) is 0. The molecule has 132 valence electrons. The molecule has 0 saturated carbocycles. The zero-order chi connectivity index (χ0) is 18.1. The van der Waals surface area contributed by atoms with Gasteiger partial charge in [-0.3, -0.25) is 9.35 Å². The average Bonchev–Trinajstić information content (AvgIpc) is 2.96. The highest BCUT2D eigenvalue weighted by Gasteiger charge is 2.53. The molecule has 1 aromatic carbocycles. The molecule has 0 spiro atoms. The quantitative estimate of drug-likeness (QED) is 0.822. The van der Waals surface area contributed by atoms with Gasteiger partial charge in [0.2, 0.25) is 0 Å². The Bertz CT molecular complexity index is 1030. The van der Waals surface area contributed by atoms with Crippen LogP contribution in [-0.2, 0) is 26.5 Å². The van der Waals surface area contributed by atoms with Crippen LogP contribution in [0.3, 0.4) is 0 Å². The molecule has 10 heteroatoms. The van der Waals surface area contributed by atoms with Crippen LogP contribution >= 0.6 is 0 Å². The Hall–Kier alpha value is -2.43. The molecule has 25 heavy (non-hydrogen) atoms. The van der Waals surface area contributed by atoms with Crippen molar-refractivity contribution in [1.29, 1.82) is 0 Å². The minimum Gasteiger partial charge on any atom is -0.345 e. The van der Waals surface area contributed by atoms with E-state index in [1.54, 1.807) is 7.05 Å². The van der Waals surface area contributed by atoms with Gasteiger partial charge in [0.15, 0.2) is 5.78 Å². The van der Waals surface area contributed by atoms with Crippen LogP contribution in [0.1, 0.15) is 30.3 Å². The maximum Gasteiger partial charge on any atom is 0.418 e. The van der Waals surface area contributed by atoms with Gasteiger partial charge in [0.05, 0.1) is 12.2 Å². The second-order valence-electron chi connectivity index (χ2n) is 6.17. The molecule has 0 radical (unpaired) electrons. The summed E-state index contributed by atoms with van der Waals surface area (Å²) < 4.78 is 37.6. The predicted octanol–water partition coefficient (Wildman–Crippen LogP) is 1.34. The molecule has 9 nitrogen and oxygen atoms in total. The Morgan fingerprint density at radius 3 is 2.64 bits per heavy atom. The van der Waals surface area contributed by atoms with E-state index in [1.807, 2.05) is 28.8 Å². The Labute approximate surface area is 143 Å². The standard InChI is InChI=1S/C15H15N3O6S/c1-8(19)13-12-9-5-3-4-6-10(9)16(2)14(12)11-7-17(13)15(20)18(11)24-25(21,22)23/h3-6,11,13H,7H2,1-2H3,(H,21,22,23)/t11?,13-/m1/s1. The molecule has 1 unspecified atom stereocenters. The van der Waals surface area contributed by atoms with Gasteiger partial charge >= 0.3 is 16.4 Å². The molecule has 2 amide bonds. The highest BCUT2D eigenvalue weighted by Crippen LogP contribution is 2.48. The van der Waals surface area contributed by atoms with Crippen LogP contribution in [0.5, 0.6) is 0 Å². The molecule has 2 atom stereocenters. The normalized spacial score (nSPS) is 22.6. The molecule has 4 rings (SSSR count). The summed E-state index contributed by atoms with van der Waals surface area (Å²) in [7, 11) is -3.10. The minimum absolute atomic E-state index is 0.0930. The van der Waals surface area contributed by atoms with Gasteiger partial charge in [-0.05, 0) is 13.0 Å². The second-order valence-corrected chi connectivity index (χ2v) is 7.17. The molecule has 2 aromatic rings. The number of hydrogen-bond acceptors (Lipinski definition) is 5. The number of benzene rings is 1. The van der Waals surface area contributed by atoms with E-state index in [-0.39, 0.29) is 12.3 Å². The molecule has 2 aliphatic rings. The average molecular weight is 365 g/mol. The summed E-state index contributed by atoms with van der Waals surface area (Å²) in [5.74, 6) is -0.238. The van der Waals surface area contributed by atoms with E-state index in [0.717, 1.165) is 10.9 Å². The largest absolute Gasteiger partial charge is 0.418 e. The molecule has 2 aliphatic heterocycles. The number of amides is 2. The van der Waals surface area contributed by atoms with Crippen molar-refractivity contribution in [1.82, 2.24) is 14.5 Å². The molecular weight excluding hydrogens is 350 g/mol. The lowest BCUT2D eigenvalue weighted by molar-refractivity contribution is -0.121. The molecular formula is C15H15N3O6S. The number of urea groups is 1. The zero-order valence-corrected chi connectivity index (χ0v) is 14.2. The van der Waals surface area contributed by atoms with Crippen molar-refractivity contribution in [3.8, 4) is 0 Å². The highest BCUT2D eigenvalue weighted by molar-refractivity contribution is 7.80. The van der Waals surface area contributed by atoms with Crippen LogP contribution in [0.25, 0.3) is 10.9 Å². The summed E-state index contributed by atoms with van der Waals surface area (Å²) in [6.45, 7) is 1.48. The fourth-order valence-corrected chi connectivity index (χ4v) is 4.28. The van der Waals surface area contributed by atoms with E-state index in [0.29, 0.717) is 16.3 Å². The van der Waals surface area contributed by atoms with Crippen LogP contribution in [0, 0.1) is 0 Å². The summed E-state index contributed by atoms with van der Waals surface area (Å²) in [4.78, 5) is 26.2. The van der Waals surface area contributed by atoms with Crippen molar-refractivity contribution < 1.29 is 26.8 Å². The number of nitrogens with zero attached hydrogens (tertiary/aromatic N) is 3. The van der Waals surface area contributed by atoms with Crippen LogP contribution < -0.4 is 0 Å². The number of fused-ring (bicyclic) bond motifs is 6. The molecule has 1 aromatic heterocycles. The van der Waals surface area contributed by atoms with E-state index in [1.165, 1.54) is 11.8 Å². The van der Waals surface area contributed by atoms with Crippen LogP contribution in [0.15, 0.2) is 24.3 Å². The van der Waals surface area contributed by atoms with E-state index in [2.05, 4.69) is 4.28 Å². The van der Waals surface area contributed by atoms with Crippen LogP contribution in [0.4, 0.5) is 4.79 Å². The van der Waals surface area contributed by atoms with Crippen molar-refractivity contribution in [2.24, 2.45) is 7.05 Å². The van der Waals surface area contributed by atoms with E-state index in [9.17, 15) is 18.0 Å². The lowest BCUT2D eigenvalue weighted by Gasteiger charge is -2.29. The lowest BCUT2D eigenvalue weighted by atomic mass is 9.92. The Morgan fingerprint density at radius 1 is 1.32 bits per heavy atom. The Kier molecular flexibility index (Phi) is 3.24. The first kappa shape index (κ1) is 16.1. The van der Waals surface area contributed by atoms with Crippen molar-refractivity contribution in [2.45, 2.75) is 19.0 Å². The van der Waals surface area contributed by atoms with Gasteiger partial charge in [-0.2, -0.15) is 13.5 Å². The van der Waals surface area contributed by atoms with E-state index in [4.69, 9.17) is 4.55 Å². The zero-order valence-electron chi connectivity index (χ0n) is 13.4. The van der Waals surface area contributed by atoms with E-state index < -0.39 is 28.5 Å². The smallest absolute Gasteiger partial charge is 0.345 e. The Morgan fingerprint density at radius 2 is 2.00 bits per heavy atom. The minimum atomic E-state index is -4.88. The molecule has 1 saturated heterocycles. The van der Waals surface area contributed by atoms with Gasteiger partial charge < -0.3 is 9.47 Å². The summed E-state index contributed by atoms with van der Waals surface area (Å²) in [5, 5.41) is 1.44. The Balaban J connectivity index is 2.00. The van der Waals surface area contributed by atoms with Crippen molar-refractivity contribution >= 4 is 33.1 Å². The molecule has 0 aliphatic carbocycles. The van der Waals surface area contributed by atoms with Gasteiger partial charge in [-0.1, -0.05) is 18.2 Å². The highest BCUT2D eigenvalue weighted by atomic mass is 32.3. The first-order valence-electron chi connectivity index (χ1n) is 7.55. The number of Topliss-reactive ketones (excluding diaryl/α,β-unsaturated/α-hetero) is 1. The van der Waals surface area contributed by atoms with E-state index >= 15 is 0 Å². The fraction of sp³-hybridized carbons (Fsp3) is 0.333. The molecule has 1 N–H and O–H groups in total. The summed E-state index contributed by atoms with van der Waals surface area (Å²) in [6, 6.07) is 5.06. The molecule has 3 heterocycles. The third-order valence-electron chi connectivity index (χ3n) is 4.74. The van der Waals surface area contributed by atoms with Crippen LogP contribution in [-0.4, -0.2) is 45.9 Å². The van der Waals surface area contributed by atoms with Gasteiger partial charge in [0.1, 0.15) is 12.1 Å². The van der Waals surface area contributed by atoms with Crippen molar-refractivity contribution in [2.75, 3.05) is 6.54 Å². The lowest BCUT2D eigenvalue weighted by Crippen LogP contribution is -2.37. The maximum atomic E-state index is 12.6. The third kappa shape index (κ3) is 2.18. The number of rotatable bonds is 3. The van der Waals surface area contributed by atoms with Gasteiger partial charge in [0, 0.05) is 23.5 Å². The van der Waals surface area contributed by atoms with Gasteiger partial charge in [0.25, 0.3) is 0 Å². The SMILES string of the molecule is CC(=O)[C@@H]1c2c(n(C)c3ccccc23)C2CN1C(=O)N2OS(=O)(=O)O.